The molecule has 0 fully saturated rings. The number of fused-ring (bicyclic) bond motifs is 1. The number of pyridine rings is 1. The average molecular weight is 233 g/mol. The van der Waals surface area contributed by atoms with Crippen molar-refractivity contribution in [2.24, 2.45) is 0 Å². The Morgan fingerprint density at radius 3 is 3.18 bits per heavy atom. The zero-order chi connectivity index (χ0) is 7.84. The third-order valence-corrected chi connectivity index (χ3v) is 1.78. The topological polar surface area (TPSA) is 38.9 Å². The number of hydrogen-bond donors (Lipinski definition) is 0. The molecule has 0 aliphatic heterocycles. The molecule has 0 N–H and O–H groups in total. The summed E-state index contributed by atoms with van der Waals surface area (Å²) in [4.78, 5) is 7.79. The molecule has 0 unspecified atom stereocenters. The molecule has 3 nitrogen and oxygen atoms in total. The van der Waals surface area contributed by atoms with Gasteiger partial charge in [0.1, 0.15) is 0 Å². The van der Waals surface area contributed by atoms with Crippen LogP contribution in [-0.4, -0.2) is 9.97 Å². The number of aromatic nitrogens is 2. The molecule has 2 aromatic heterocycles. The van der Waals surface area contributed by atoms with Gasteiger partial charge in [0.25, 0.3) is 5.35 Å². The minimum Gasteiger partial charge on any atom is -0.426 e. The molecule has 0 aliphatic rings. The molecule has 2 rings (SSSR count). The van der Waals surface area contributed by atoms with Crippen molar-refractivity contribution in [2.45, 2.75) is 0 Å². The Hall–Kier alpha value is -0.610. The van der Waals surface area contributed by atoms with Crippen LogP contribution in [0.1, 0.15) is 0 Å². The number of hydrogen-bond acceptors (Lipinski definition) is 3. The van der Waals surface area contributed by atoms with Crippen LogP contribution in [0.3, 0.4) is 0 Å². The van der Waals surface area contributed by atoms with Gasteiger partial charge in [-0.05, 0) is 27.5 Å². The van der Waals surface area contributed by atoms with Crippen molar-refractivity contribution in [3.05, 3.63) is 22.1 Å². The summed E-state index contributed by atoms with van der Waals surface area (Å²) in [7, 11) is 0. The highest BCUT2D eigenvalue weighted by Crippen LogP contribution is 2.19. The summed E-state index contributed by atoms with van der Waals surface area (Å²) in [6, 6.07) is 1.77. The highest BCUT2D eigenvalue weighted by atomic mass is 79.9. The van der Waals surface area contributed by atoms with Crippen molar-refractivity contribution in [3.63, 3.8) is 0 Å². The van der Waals surface area contributed by atoms with E-state index < -0.39 is 0 Å². The predicted octanol–water partition coefficient (Wildman–Crippen LogP) is 2.64. The number of rotatable bonds is 0. The van der Waals surface area contributed by atoms with Crippen molar-refractivity contribution in [2.75, 3.05) is 0 Å². The molecular formula is C6H2BrClN2O. The molecule has 11 heavy (non-hydrogen) atoms. The van der Waals surface area contributed by atoms with Crippen molar-refractivity contribution in [1.29, 1.82) is 0 Å². The van der Waals surface area contributed by atoms with Gasteiger partial charge in [-0.15, -0.1) is 0 Å². The van der Waals surface area contributed by atoms with E-state index >= 15 is 0 Å². The van der Waals surface area contributed by atoms with Gasteiger partial charge in [0.2, 0.25) is 0 Å². The smallest absolute Gasteiger partial charge is 0.294 e. The maximum Gasteiger partial charge on any atom is 0.294 e. The normalized spacial score (nSPS) is 10.7. The van der Waals surface area contributed by atoms with E-state index in [2.05, 4.69) is 25.9 Å². The first kappa shape index (κ1) is 7.06. The lowest BCUT2D eigenvalue weighted by Crippen LogP contribution is -1.73. The van der Waals surface area contributed by atoms with Gasteiger partial charge in [-0.3, -0.25) is 0 Å². The second kappa shape index (κ2) is 2.46. The van der Waals surface area contributed by atoms with Crippen molar-refractivity contribution in [3.8, 4) is 0 Å². The molecule has 2 aromatic rings. The van der Waals surface area contributed by atoms with Crippen LogP contribution in [0.2, 0.25) is 5.35 Å². The Bertz CT molecular complexity index is 400. The minimum atomic E-state index is 0.116. The number of oxazole rings is 1. The number of halogens is 2. The summed E-state index contributed by atoms with van der Waals surface area (Å²) in [6.45, 7) is 0. The molecule has 56 valence electrons. The largest absolute Gasteiger partial charge is 0.426 e. The molecule has 0 aromatic carbocycles. The first-order chi connectivity index (χ1) is 5.25. The van der Waals surface area contributed by atoms with E-state index in [1.807, 2.05) is 0 Å². The molecule has 0 bridgehead atoms. The SMILES string of the molecule is Clc1nc2ncc(Br)cc2o1. The van der Waals surface area contributed by atoms with Crippen molar-refractivity contribution >= 4 is 38.8 Å². The van der Waals surface area contributed by atoms with Crippen LogP contribution < -0.4 is 0 Å². The van der Waals surface area contributed by atoms with Gasteiger partial charge in [-0.25, -0.2) is 4.98 Å². The van der Waals surface area contributed by atoms with Crippen LogP contribution in [0.4, 0.5) is 0 Å². The summed E-state index contributed by atoms with van der Waals surface area (Å²) in [6.07, 6.45) is 1.64. The van der Waals surface area contributed by atoms with Gasteiger partial charge in [0.05, 0.1) is 0 Å². The van der Waals surface area contributed by atoms with Gasteiger partial charge in [-0.2, -0.15) is 4.98 Å². The summed E-state index contributed by atoms with van der Waals surface area (Å²) >= 11 is 8.75. The summed E-state index contributed by atoms with van der Waals surface area (Å²) in [5.74, 6) is 0. The fourth-order valence-electron chi connectivity index (χ4n) is 0.769. The minimum absolute atomic E-state index is 0.116. The Balaban J connectivity index is 2.82. The van der Waals surface area contributed by atoms with Gasteiger partial charge in [0.15, 0.2) is 11.2 Å². The Labute approximate surface area is 75.5 Å². The Morgan fingerprint density at radius 1 is 1.55 bits per heavy atom. The molecule has 0 amide bonds. The maximum atomic E-state index is 5.50. The standard InChI is InChI=1S/C6H2BrClN2O/c7-3-1-4-5(9-2-3)10-6(8)11-4/h1-2H. The molecule has 2 heterocycles. The Kier molecular flexibility index (Phi) is 1.58. The molecule has 0 spiro atoms. The van der Waals surface area contributed by atoms with E-state index in [0.717, 1.165) is 4.47 Å². The lowest BCUT2D eigenvalue weighted by Gasteiger charge is -1.85. The van der Waals surface area contributed by atoms with Crippen LogP contribution in [-0.2, 0) is 0 Å². The highest BCUT2D eigenvalue weighted by molar-refractivity contribution is 9.10. The first-order valence-electron chi connectivity index (χ1n) is 2.83. The van der Waals surface area contributed by atoms with Gasteiger partial charge >= 0.3 is 0 Å². The monoisotopic (exact) mass is 232 g/mol. The predicted molar refractivity (Wildman–Crippen MR) is 44.5 cm³/mol. The first-order valence-corrected chi connectivity index (χ1v) is 4.00. The third-order valence-electron chi connectivity index (χ3n) is 1.19. The van der Waals surface area contributed by atoms with Gasteiger partial charge in [0, 0.05) is 16.7 Å². The number of nitrogens with zero attached hydrogens (tertiary/aromatic N) is 2. The second-order valence-corrected chi connectivity index (χ2v) is 3.18. The van der Waals surface area contributed by atoms with E-state index in [1.54, 1.807) is 12.3 Å². The van der Waals surface area contributed by atoms with Crippen LogP contribution in [0.5, 0.6) is 0 Å². The van der Waals surface area contributed by atoms with Gasteiger partial charge in [-0.1, -0.05) is 0 Å². The summed E-state index contributed by atoms with van der Waals surface area (Å²) in [5, 5.41) is 0.116. The van der Waals surface area contributed by atoms with Crippen molar-refractivity contribution in [1.82, 2.24) is 9.97 Å². The Morgan fingerprint density at radius 2 is 2.36 bits per heavy atom. The molecule has 0 atom stereocenters. The molecule has 5 heteroatoms. The molecule has 0 saturated heterocycles. The van der Waals surface area contributed by atoms with E-state index in [0.29, 0.717) is 11.2 Å². The zero-order valence-electron chi connectivity index (χ0n) is 5.21. The average Bonchev–Trinajstić information content (AvgIpc) is 2.27. The van der Waals surface area contributed by atoms with Crippen LogP contribution >= 0.6 is 27.5 Å². The fourth-order valence-corrected chi connectivity index (χ4v) is 1.24. The molecular weight excluding hydrogens is 231 g/mol. The van der Waals surface area contributed by atoms with Crippen LogP contribution in [0.25, 0.3) is 11.2 Å². The summed E-state index contributed by atoms with van der Waals surface area (Å²) in [5.41, 5.74) is 1.11. The lowest BCUT2D eigenvalue weighted by atomic mass is 10.5. The third kappa shape index (κ3) is 1.23. The lowest BCUT2D eigenvalue weighted by molar-refractivity contribution is 0.604. The molecule has 0 radical (unpaired) electrons. The maximum absolute atomic E-state index is 5.50. The zero-order valence-corrected chi connectivity index (χ0v) is 7.56. The quantitative estimate of drug-likeness (QED) is 0.702. The van der Waals surface area contributed by atoms with Crippen LogP contribution in [0, 0.1) is 0 Å². The van der Waals surface area contributed by atoms with Crippen LogP contribution in [0.15, 0.2) is 21.2 Å². The highest BCUT2D eigenvalue weighted by Gasteiger charge is 2.03. The molecule has 0 aliphatic carbocycles. The van der Waals surface area contributed by atoms with Gasteiger partial charge < -0.3 is 4.42 Å². The molecule has 0 saturated carbocycles. The van der Waals surface area contributed by atoms with E-state index in [4.69, 9.17) is 16.0 Å². The second-order valence-electron chi connectivity index (χ2n) is 1.94. The fraction of sp³-hybridized carbons (Fsp3) is 0. The van der Waals surface area contributed by atoms with E-state index in [-0.39, 0.29) is 5.35 Å². The van der Waals surface area contributed by atoms with E-state index in [1.165, 1.54) is 0 Å². The summed E-state index contributed by atoms with van der Waals surface area (Å²) < 4.78 is 5.86. The van der Waals surface area contributed by atoms with E-state index in [9.17, 15) is 0 Å². The van der Waals surface area contributed by atoms with Crippen molar-refractivity contribution < 1.29 is 4.42 Å².